The molecule has 0 aromatic carbocycles. The summed E-state index contributed by atoms with van der Waals surface area (Å²) < 4.78 is 0. The van der Waals surface area contributed by atoms with Crippen LogP contribution in [0.3, 0.4) is 0 Å². The fraction of sp³-hybridized carbons (Fsp3) is 1.00. The van der Waals surface area contributed by atoms with Crippen LogP contribution in [-0.2, 0) is 0 Å². The summed E-state index contributed by atoms with van der Waals surface area (Å²) in [4.78, 5) is 0. The van der Waals surface area contributed by atoms with Crippen LogP contribution in [0.4, 0.5) is 0 Å². The lowest BCUT2D eigenvalue weighted by Crippen LogP contribution is -2.46. The molecule has 0 spiro atoms. The first-order valence-corrected chi connectivity index (χ1v) is 5.10. The average molecular weight is 205 g/mol. The third-order valence-corrected chi connectivity index (χ3v) is 2.59. The first-order chi connectivity index (χ1) is 5.75. The summed E-state index contributed by atoms with van der Waals surface area (Å²) in [5.41, 5.74) is 0.114. The Morgan fingerprint density at radius 1 is 1.15 bits per heavy atom. The van der Waals surface area contributed by atoms with E-state index < -0.39 is 0 Å². The van der Waals surface area contributed by atoms with Gasteiger partial charge in [-0.2, -0.15) is 12.6 Å². The normalized spacial score (nSPS) is 29.3. The van der Waals surface area contributed by atoms with Crippen LogP contribution in [-0.4, -0.2) is 30.7 Å². The van der Waals surface area contributed by atoms with Gasteiger partial charge in [-0.1, -0.05) is 0 Å². The van der Waals surface area contributed by atoms with Gasteiger partial charge in [0.2, 0.25) is 0 Å². The Balaban J connectivity index is 0.000000424. The molecule has 1 aliphatic heterocycles. The Kier molecular flexibility index (Phi) is 4.72. The number of hydrogen-bond donors (Lipinski definition) is 4. The molecule has 3 nitrogen and oxygen atoms in total. The molecule has 1 unspecified atom stereocenters. The molecule has 0 saturated carbocycles. The lowest BCUT2D eigenvalue weighted by molar-refractivity contribution is 0.357. The molecule has 1 aliphatic rings. The van der Waals surface area contributed by atoms with Gasteiger partial charge in [0, 0.05) is 5.54 Å². The van der Waals surface area contributed by atoms with Crippen molar-refractivity contribution >= 4 is 12.6 Å². The van der Waals surface area contributed by atoms with Crippen molar-refractivity contribution < 1.29 is 0 Å². The second-order valence-electron chi connectivity index (χ2n) is 4.52. The van der Waals surface area contributed by atoms with Gasteiger partial charge in [-0.3, -0.25) is 10.6 Å². The van der Waals surface area contributed by atoms with E-state index in [-0.39, 0.29) is 16.6 Å². The molecule has 0 aromatic heterocycles. The van der Waals surface area contributed by atoms with E-state index in [0.717, 1.165) is 0 Å². The molecular weight excluding hydrogens is 182 g/mol. The highest BCUT2D eigenvalue weighted by Gasteiger charge is 2.41. The number of rotatable bonds is 0. The lowest BCUT2D eigenvalue weighted by Gasteiger charge is -2.24. The largest absolute Gasteiger partial charge is 0.323 e. The molecular formula is C9H23N3S. The Bertz CT molecular complexity index is 157. The van der Waals surface area contributed by atoms with Gasteiger partial charge < -0.3 is 5.32 Å². The second kappa shape index (κ2) is 4.64. The highest BCUT2D eigenvalue weighted by Crippen LogP contribution is 2.24. The van der Waals surface area contributed by atoms with Crippen molar-refractivity contribution in [2.75, 3.05) is 14.1 Å². The van der Waals surface area contributed by atoms with Gasteiger partial charge in [0.1, 0.15) is 0 Å². The van der Waals surface area contributed by atoms with Gasteiger partial charge in [0.05, 0.1) is 11.0 Å². The van der Waals surface area contributed by atoms with E-state index in [1.165, 1.54) is 0 Å². The smallest absolute Gasteiger partial charge is 0.0695 e. The standard InChI is InChI=1S/C7H16N2S.C2H7N/c1-6(2)5(10)8-7(3,4)9-6;1-3-2/h5,8-10H,1-4H3;3H,1-2H3. The molecule has 1 heterocycles. The minimum absolute atomic E-state index is 0.0237. The molecule has 0 amide bonds. The van der Waals surface area contributed by atoms with Crippen LogP contribution >= 0.6 is 12.6 Å². The molecule has 1 fully saturated rings. The van der Waals surface area contributed by atoms with Crippen molar-refractivity contribution in [1.29, 1.82) is 0 Å². The summed E-state index contributed by atoms with van der Waals surface area (Å²) in [6.07, 6.45) is 0. The third-order valence-electron chi connectivity index (χ3n) is 1.82. The zero-order valence-electron chi connectivity index (χ0n) is 9.52. The van der Waals surface area contributed by atoms with Crippen LogP contribution in [0.15, 0.2) is 0 Å². The molecule has 4 heteroatoms. The molecule has 1 saturated heterocycles. The van der Waals surface area contributed by atoms with Crippen LogP contribution < -0.4 is 16.0 Å². The van der Waals surface area contributed by atoms with Gasteiger partial charge in [-0.15, -0.1) is 0 Å². The van der Waals surface area contributed by atoms with Gasteiger partial charge in [0.15, 0.2) is 0 Å². The van der Waals surface area contributed by atoms with E-state index in [4.69, 9.17) is 0 Å². The maximum Gasteiger partial charge on any atom is 0.0695 e. The highest BCUT2D eigenvalue weighted by molar-refractivity contribution is 7.81. The van der Waals surface area contributed by atoms with E-state index >= 15 is 0 Å². The Labute approximate surface area is 87.5 Å². The zero-order chi connectivity index (χ0) is 10.7. The molecule has 0 bridgehead atoms. The van der Waals surface area contributed by atoms with E-state index in [1.54, 1.807) is 0 Å². The summed E-state index contributed by atoms with van der Waals surface area (Å²) in [5.74, 6) is 0. The third kappa shape index (κ3) is 4.31. The van der Waals surface area contributed by atoms with Crippen molar-refractivity contribution in [3.63, 3.8) is 0 Å². The summed E-state index contributed by atoms with van der Waals surface area (Å²) in [7, 11) is 3.75. The van der Waals surface area contributed by atoms with Gasteiger partial charge in [0.25, 0.3) is 0 Å². The molecule has 0 radical (unpaired) electrons. The molecule has 0 aromatic rings. The fourth-order valence-electron chi connectivity index (χ4n) is 1.43. The van der Waals surface area contributed by atoms with Crippen LogP contribution in [0.2, 0.25) is 0 Å². The van der Waals surface area contributed by atoms with Crippen LogP contribution in [0, 0.1) is 0 Å². The second-order valence-corrected chi connectivity index (χ2v) is 5.03. The van der Waals surface area contributed by atoms with E-state index in [0.29, 0.717) is 0 Å². The predicted octanol–water partition coefficient (Wildman–Crippen LogP) is 0.785. The zero-order valence-corrected chi connectivity index (χ0v) is 10.4. The molecule has 1 rings (SSSR count). The topological polar surface area (TPSA) is 36.1 Å². The summed E-state index contributed by atoms with van der Waals surface area (Å²) >= 11 is 4.41. The maximum absolute atomic E-state index is 4.41. The SMILES string of the molecule is CC1(C)NC(S)C(C)(C)N1.CNC. The van der Waals surface area contributed by atoms with E-state index in [1.807, 2.05) is 14.1 Å². The molecule has 1 atom stereocenters. The van der Waals surface area contributed by atoms with Crippen LogP contribution in [0.25, 0.3) is 0 Å². The summed E-state index contributed by atoms with van der Waals surface area (Å²) in [5, 5.41) is 9.76. The van der Waals surface area contributed by atoms with Crippen LogP contribution in [0.1, 0.15) is 27.7 Å². The summed E-state index contributed by atoms with van der Waals surface area (Å²) in [6.45, 7) is 8.52. The Hall–Kier alpha value is 0.230. The molecule has 0 aliphatic carbocycles. The van der Waals surface area contributed by atoms with Gasteiger partial charge in [-0.25, -0.2) is 0 Å². The number of hydrogen-bond acceptors (Lipinski definition) is 4. The Morgan fingerprint density at radius 3 is 1.62 bits per heavy atom. The van der Waals surface area contributed by atoms with E-state index in [2.05, 4.69) is 56.3 Å². The maximum atomic E-state index is 4.41. The summed E-state index contributed by atoms with van der Waals surface area (Å²) in [6, 6.07) is 0. The first kappa shape index (κ1) is 13.2. The monoisotopic (exact) mass is 205 g/mol. The van der Waals surface area contributed by atoms with Crippen molar-refractivity contribution in [3.8, 4) is 0 Å². The Morgan fingerprint density at radius 2 is 1.54 bits per heavy atom. The quantitative estimate of drug-likeness (QED) is 0.442. The molecule has 13 heavy (non-hydrogen) atoms. The highest BCUT2D eigenvalue weighted by atomic mass is 32.1. The lowest BCUT2D eigenvalue weighted by atomic mass is 10.1. The minimum atomic E-state index is 0.0237. The van der Waals surface area contributed by atoms with Gasteiger partial charge in [-0.05, 0) is 41.8 Å². The van der Waals surface area contributed by atoms with Crippen molar-refractivity contribution in [2.24, 2.45) is 0 Å². The van der Waals surface area contributed by atoms with Gasteiger partial charge >= 0.3 is 0 Å². The predicted molar refractivity (Wildman–Crippen MR) is 62.2 cm³/mol. The average Bonchev–Trinajstić information content (AvgIpc) is 2.00. The molecule has 80 valence electrons. The number of thiol groups is 1. The fourth-order valence-corrected chi connectivity index (χ4v) is 1.82. The number of nitrogens with one attached hydrogen (secondary N) is 3. The van der Waals surface area contributed by atoms with E-state index in [9.17, 15) is 0 Å². The molecule has 3 N–H and O–H groups in total. The first-order valence-electron chi connectivity index (χ1n) is 4.59. The van der Waals surface area contributed by atoms with Crippen molar-refractivity contribution in [3.05, 3.63) is 0 Å². The van der Waals surface area contributed by atoms with Crippen molar-refractivity contribution in [1.82, 2.24) is 16.0 Å². The van der Waals surface area contributed by atoms with Crippen molar-refractivity contribution in [2.45, 2.75) is 44.3 Å². The minimum Gasteiger partial charge on any atom is -0.323 e. The van der Waals surface area contributed by atoms with Crippen LogP contribution in [0.5, 0.6) is 0 Å².